The Kier molecular flexibility index (Phi) is 6.71. The molecular weight excluding hydrogens is 487 g/mol. The van der Waals surface area contributed by atoms with Gasteiger partial charge in [0.1, 0.15) is 29.2 Å². The number of carbonyl (C=O) groups excluding carboxylic acids is 1. The van der Waals surface area contributed by atoms with Crippen LogP contribution >= 0.6 is 0 Å². The van der Waals surface area contributed by atoms with Gasteiger partial charge >= 0.3 is 6.18 Å². The van der Waals surface area contributed by atoms with Crippen molar-refractivity contribution in [2.24, 2.45) is 0 Å². The fourth-order valence-electron chi connectivity index (χ4n) is 5.07. The van der Waals surface area contributed by atoms with Crippen LogP contribution in [-0.2, 0) is 24.1 Å². The monoisotopic (exact) mass is 517 g/mol. The zero-order valence-corrected chi connectivity index (χ0v) is 20.5. The van der Waals surface area contributed by atoms with E-state index >= 15 is 0 Å². The van der Waals surface area contributed by atoms with Crippen LogP contribution in [0.15, 0.2) is 42.9 Å². The predicted octanol–water partition coefficient (Wildman–Crippen LogP) is 3.01. The second-order valence-electron chi connectivity index (χ2n) is 10.2. The number of aliphatic hydroxyl groups is 2. The number of rotatable bonds is 8. The van der Waals surface area contributed by atoms with Gasteiger partial charge in [0, 0.05) is 31.9 Å². The van der Waals surface area contributed by atoms with Crippen molar-refractivity contribution in [3.05, 3.63) is 54.0 Å². The molecule has 0 amide bonds. The molecule has 2 N–H and O–H groups in total. The Bertz CT molecular complexity index is 1270. The average molecular weight is 518 g/mol. The van der Waals surface area contributed by atoms with E-state index in [9.17, 15) is 28.2 Å². The molecule has 1 saturated carbocycles. The van der Waals surface area contributed by atoms with Gasteiger partial charge in [-0.05, 0) is 49.9 Å². The number of likely N-dealkylation sites (tertiary alicyclic amines) is 1. The predicted molar refractivity (Wildman–Crippen MR) is 131 cm³/mol. The number of hydrogen-bond donors (Lipinski definition) is 2. The molecule has 3 heterocycles. The molecule has 2 aromatic heterocycles. The normalized spacial score (nSPS) is 22.9. The van der Waals surface area contributed by atoms with Crippen molar-refractivity contribution >= 4 is 22.6 Å². The van der Waals surface area contributed by atoms with Gasteiger partial charge in [0.25, 0.3) is 0 Å². The summed E-state index contributed by atoms with van der Waals surface area (Å²) < 4.78 is 40.7. The summed E-state index contributed by atoms with van der Waals surface area (Å²) in [5.41, 5.74) is -0.695. The molecule has 5 rings (SSSR count). The van der Waals surface area contributed by atoms with E-state index in [1.807, 2.05) is 11.0 Å². The summed E-state index contributed by atoms with van der Waals surface area (Å²) >= 11 is 0. The molecule has 2 aliphatic rings. The molecule has 0 radical (unpaired) electrons. The third-order valence-electron chi connectivity index (χ3n) is 7.23. The maximum absolute atomic E-state index is 13.0. The number of aliphatic hydroxyl groups excluding tert-OH is 1. The third kappa shape index (κ3) is 5.48. The zero-order chi connectivity index (χ0) is 26.4. The van der Waals surface area contributed by atoms with Crippen LogP contribution in [0.4, 0.5) is 19.0 Å². The van der Waals surface area contributed by atoms with Crippen molar-refractivity contribution < 1.29 is 28.2 Å². The Hall–Kier alpha value is -3.02. The molecule has 2 unspecified atom stereocenters. The summed E-state index contributed by atoms with van der Waals surface area (Å²) in [4.78, 5) is 24.3. The molecule has 1 aromatic carbocycles. The number of benzene rings is 1. The Morgan fingerprint density at radius 1 is 1.19 bits per heavy atom. The molecule has 11 heteroatoms. The molecule has 1 saturated heterocycles. The molecule has 0 bridgehead atoms. The van der Waals surface area contributed by atoms with Gasteiger partial charge < -0.3 is 19.7 Å². The van der Waals surface area contributed by atoms with Crippen molar-refractivity contribution in [2.75, 3.05) is 24.5 Å². The van der Waals surface area contributed by atoms with Crippen molar-refractivity contribution in [3.8, 4) is 0 Å². The van der Waals surface area contributed by atoms with E-state index in [2.05, 4.69) is 14.9 Å². The fraction of sp³-hybridized carbons (Fsp3) is 0.500. The lowest BCUT2D eigenvalue weighted by Crippen LogP contribution is -2.58. The molecule has 2 fully saturated rings. The Morgan fingerprint density at radius 3 is 2.54 bits per heavy atom. The molecule has 3 aromatic rings. The minimum atomic E-state index is -4.38. The summed E-state index contributed by atoms with van der Waals surface area (Å²) in [5.74, 6) is 0.699. The Labute approximate surface area is 212 Å². The maximum atomic E-state index is 13.0. The first kappa shape index (κ1) is 25.6. The molecule has 198 valence electrons. The van der Waals surface area contributed by atoms with Crippen molar-refractivity contribution in [3.63, 3.8) is 0 Å². The second kappa shape index (κ2) is 9.70. The van der Waals surface area contributed by atoms with Gasteiger partial charge in [-0.3, -0.25) is 9.69 Å². The third-order valence-corrected chi connectivity index (χ3v) is 7.23. The number of carbonyl (C=O) groups is 1. The van der Waals surface area contributed by atoms with E-state index in [1.54, 1.807) is 10.8 Å². The highest BCUT2D eigenvalue weighted by molar-refractivity contribution is 5.88. The van der Waals surface area contributed by atoms with Crippen LogP contribution in [-0.4, -0.2) is 72.8 Å². The highest BCUT2D eigenvalue weighted by Crippen LogP contribution is 2.37. The molecule has 2 atom stereocenters. The number of hydrogen-bond acceptors (Lipinski definition) is 7. The number of piperidine rings is 1. The van der Waals surface area contributed by atoms with E-state index in [4.69, 9.17) is 0 Å². The van der Waals surface area contributed by atoms with Crippen LogP contribution < -0.4 is 4.90 Å². The van der Waals surface area contributed by atoms with Crippen molar-refractivity contribution in [1.82, 2.24) is 19.4 Å². The van der Waals surface area contributed by atoms with Gasteiger partial charge in [-0.25, -0.2) is 9.97 Å². The number of aromatic nitrogens is 3. The first-order valence-corrected chi connectivity index (χ1v) is 12.4. The number of halogens is 3. The van der Waals surface area contributed by atoms with Crippen LogP contribution in [0.25, 0.3) is 11.0 Å². The lowest BCUT2D eigenvalue weighted by atomic mass is 9.88. The van der Waals surface area contributed by atoms with Gasteiger partial charge in [0.15, 0.2) is 0 Å². The van der Waals surface area contributed by atoms with E-state index in [-0.39, 0.29) is 31.5 Å². The van der Waals surface area contributed by atoms with E-state index in [1.165, 1.54) is 25.4 Å². The topological polar surface area (TPSA) is 94.7 Å². The molecule has 0 spiro atoms. The molecule has 37 heavy (non-hydrogen) atoms. The fourth-order valence-corrected chi connectivity index (χ4v) is 5.07. The van der Waals surface area contributed by atoms with Crippen LogP contribution in [0.2, 0.25) is 0 Å². The van der Waals surface area contributed by atoms with Gasteiger partial charge in [-0.2, -0.15) is 13.2 Å². The van der Waals surface area contributed by atoms with E-state index in [0.29, 0.717) is 31.0 Å². The second-order valence-corrected chi connectivity index (χ2v) is 10.2. The first-order chi connectivity index (χ1) is 17.5. The molecular formula is C26H30F3N5O3. The van der Waals surface area contributed by atoms with Gasteiger partial charge in [0.05, 0.1) is 30.1 Å². The summed E-state index contributed by atoms with van der Waals surface area (Å²) in [5, 5.41) is 22.7. The number of Topliss-reactive ketones (excluding diaryl/α,β-unsaturated/α-hetero) is 1. The Balaban J connectivity index is 1.37. The standard InChI is InChI=1S/C26H30F3N5O3/c1-17(35)12-32-11-9-25(37,22(36)14-32)15-33-10-8-21-23(33)30-16-31-24(21)34(20-6-7-20)13-18-2-4-19(5-3-18)26(27,28)29/h2-5,8,10,16,20,22,36-37H,6-7,9,11-15H2,1H3. The minimum Gasteiger partial charge on any atom is -0.389 e. The van der Waals surface area contributed by atoms with Gasteiger partial charge in [0.2, 0.25) is 0 Å². The number of anilines is 1. The lowest BCUT2D eigenvalue weighted by molar-refractivity contribution is -0.137. The van der Waals surface area contributed by atoms with Gasteiger partial charge in [-0.1, -0.05) is 12.1 Å². The SMILES string of the molecule is CC(=O)CN1CCC(O)(Cn2ccc3c(N(Cc4ccc(C(F)(F)F)cc4)C4CC4)ncnc32)C(O)C1. The lowest BCUT2D eigenvalue weighted by Gasteiger charge is -2.42. The molecule has 1 aliphatic heterocycles. The largest absolute Gasteiger partial charge is 0.416 e. The highest BCUT2D eigenvalue weighted by atomic mass is 19.4. The average Bonchev–Trinajstić information content (AvgIpc) is 3.60. The van der Waals surface area contributed by atoms with Gasteiger partial charge in [-0.15, -0.1) is 0 Å². The summed E-state index contributed by atoms with van der Waals surface area (Å²) in [6, 6.07) is 7.29. The number of alkyl halides is 3. The van der Waals surface area contributed by atoms with Crippen LogP contribution in [0.1, 0.15) is 37.3 Å². The van der Waals surface area contributed by atoms with Crippen molar-refractivity contribution in [2.45, 2.75) is 63.2 Å². The Morgan fingerprint density at radius 2 is 1.92 bits per heavy atom. The van der Waals surface area contributed by atoms with Crippen molar-refractivity contribution in [1.29, 1.82) is 0 Å². The molecule has 1 aliphatic carbocycles. The summed E-state index contributed by atoms with van der Waals surface area (Å²) in [6.45, 7) is 2.98. The molecule has 8 nitrogen and oxygen atoms in total. The van der Waals surface area contributed by atoms with Crippen LogP contribution in [0, 0.1) is 0 Å². The number of fused-ring (bicyclic) bond motifs is 1. The first-order valence-electron chi connectivity index (χ1n) is 12.4. The number of β-amino-alcohol motifs (C(OH)–C–C–N with tert-alkyl or cyclic N) is 1. The quantitative estimate of drug-likeness (QED) is 0.475. The highest BCUT2D eigenvalue weighted by Gasteiger charge is 2.41. The van der Waals surface area contributed by atoms with E-state index in [0.717, 1.165) is 35.9 Å². The minimum absolute atomic E-state index is 0.00906. The van der Waals surface area contributed by atoms with Crippen LogP contribution in [0.5, 0.6) is 0 Å². The van der Waals surface area contributed by atoms with Crippen LogP contribution in [0.3, 0.4) is 0 Å². The summed E-state index contributed by atoms with van der Waals surface area (Å²) in [6.07, 6.45) is 0.0944. The smallest absolute Gasteiger partial charge is 0.389 e. The summed E-state index contributed by atoms with van der Waals surface area (Å²) in [7, 11) is 0. The maximum Gasteiger partial charge on any atom is 0.416 e. The number of ketones is 1. The number of nitrogens with zero attached hydrogens (tertiary/aromatic N) is 5. The van der Waals surface area contributed by atoms with E-state index < -0.39 is 23.4 Å². The zero-order valence-electron chi connectivity index (χ0n) is 20.5.